The predicted octanol–water partition coefficient (Wildman–Crippen LogP) is 2.38. The van der Waals surface area contributed by atoms with Crippen molar-refractivity contribution < 1.29 is 14.1 Å². The molecule has 0 unspecified atom stereocenters. The molecule has 1 amide bonds. The summed E-state index contributed by atoms with van der Waals surface area (Å²) in [6.07, 6.45) is 4.17. The Labute approximate surface area is 162 Å². The molecular formula is C19H22N6O3. The molecule has 1 aromatic carbocycles. The van der Waals surface area contributed by atoms with Gasteiger partial charge in [0, 0.05) is 25.1 Å². The summed E-state index contributed by atoms with van der Waals surface area (Å²) in [5.74, 6) is 1.81. The third-order valence-electron chi connectivity index (χ3n) is 4.98. The van der Waals surface area contributed by atoms with Crippen molar-refractivity contribution >= 4 is 5.91 Å². The topological polar surface area (TPSA) is 99.2 Å². The van der Waals surface area contributed by atoms with Crippen molar-refractivity contribution in [1.29, 1.82) is 0 Å². The summed E-state index contributed by atoms with van der Waals surface area (Å²) in [5.41, 5.74) is 1.24. The molecule has 0 saturated carbocycles. The maximum absolute atomic E-state index is 12.7. The first kappa shape index (κ1) is 18.1. The smallest absolute Gasteiger partial charge is 0.280 e. The third-order valence-corrected chi connectivity index (χ3v) is 4.98. The van der Waals surface area contributed by atoms with Crippen molar-refractivity contribution in [2.45, 2.75) is 32.2 Å². The molecule has 2 aromatic heterocycles. The number of methoxy groups -OCH3 is 1. The first-order valence-electron chi connectivity index (χ1n) is 9.36. The standard InChI is InChI=1S/C19H22N6O3/c1-3-17-20-18(28-22-17)16-12-25(23-21-16)14-8-10-24(11-9-14)19(26)13-4-6-15(27-2)7-5-13/h4-7,12,14H,3,8-11H2,1-2H3. The minimum Gasteiger partial charge on any atom is -0.497 e. The van der Waals surface area contributed by atoms with E-state index in [2.05, 4.69) is 20.5 Å². The molecule has 0 spiro atoms. The van der Waals surface area contributed by atoms with Crippen molar-refractivity contribution in [2.24, 2.45) is 0 Å². The van der Waals surface area contributed by atoms with Crippen LogP contribution in [0.1, 0.15) is 42.0 Å². The lowest BCUT2D eigenvalue weighted by Gasteiger charge is -2.31. The first-order chi connectivity index (χ1) is 13.7. The lowest BCUT2D eigenvalue weighted by atomic mass is 10.0. The molecule has 4 rings (SSSR count). The van der Waals surface area contributed by atoms with E-state index in [1.165, 1.54) is 0 Å². The van der Waals surface area contributed by atoms with Crippen molar-refractivity contribution in [1.82, 2.24) is 30.0 Å². The summed E-state index contributed by atoms with van der Waals surface area (Å²) in [5, 5.41) is 12.3. The number of aryl methyl sites for hydroxylation is 1. The molecule has 9 nitrogen and oxygen atoms in total. The van der Waals surface area contributed by atoms with Crippen LogP contribution < -0.4 is 4.74 Å². The highest BCUT2D eigenvalue weighted by Crippen LogP contribution is 2.25. The second-order valence-corrected chi connectivity index (χ2v) is 6.70. The number of carbonyl (C=O) groups excluding carboxylic acids is 1. The SMILES string of the molecule is CCc1noc(-c2cn(C3CCN(C(=O)c4ccc(OC)cc4)CC3)nn2)n1. The van der Waals surface area contributed by atoms with Gasteiger partial charge in [0.25, 0.3) is 11.8 Å². The number of hydrogen-bond acceptors (Lipinski definition) is 7. The number of ether oxygens (including phenoxy) is 1. The Hall–Kier alpha value is -3.23. The highest BCUT2D eigenvalue weighted by Gasteiger charge is 2.26. The van der Waals surface area contributed by atoms with Crippen LogP contribution in [0.2, 0.25) is 0 Å². The predicted molar refractivity (Wildman–Crippen MR) is 99.9 cm³/mol. The molecule has 3 heterocycles. The Morgan fingerprint density at radius 2 is 2.00 bits per heavy atom. The Morgan fingerprint density at radius 1 is 1.25 bits per heavy atom. The molecule has 1 fully saturated rings. The van der Waals surface area contributed by atoms with E-state index in [1.807, 2.05) is 22.7 Å². The van der Waals surface area contributed by atoms with Gasteiger partial charge in [0.1, 0.15) is 5.75 Å². The average Bonchev–Trinajstić information content (AvgIpc) is 3.43. The second-order valence-electron chi connectivity index (χ2n) is 6.70. The summed E-state index contributed by atoms with van der Waals surface area (Å²) in [7, 11) is 1.61. The van der Waals surface area contributed by atoms with Crippen LogP contribution in [0, 0.1) is 0 Å². The minimum absolute atomic E-state index is 0.0401. The fourth-order valence-corrected chi connectivity index (χ4v) is 3.30. The van der Waals surface area contributed by atoms with Crippen LogP contribution in [0.4, 0.5) is 0 Å². The highest BCUT2D eigenvalue weighted by molar-refractivity contribution is 5.94. The van der Waals surface area contributed by atoms with Gasteiger partial charge in [-0.15, -0.1) is 5.10 Å². The quantitative estimate of drug-likeness (QED) is 0.668. The van der Waals surface area contributed by atoms with Crippen LogP contribution in [0.15, 0.2) is 35.0 Å². The van der Waals surface area contributed by atoms with Crippen LogP contribution in [0.5, 0.6) is 5.75 Å². The summed E-state index contributed by atoms with van der Waals surface area (Å²) in [6.45, 7) is 3.31. The van der Waals surface area contributed by atoms with E-state index in [1.54, 1.807) is 31.4 Å². The number of piperidine rings is 1. The van der Waals surface area contributed by atoms with Crippen molar-refractivity contribution in [3.63, 3.8) is 0 Å². The van der Waals surface area contributed by atoms with Crippen molar-refractivity contribution in [2.75, 3.05) is 20.2 Å². The Bertz CT molecular complexity index is 941. The van der Waals surface area contributed by atoms with Gasteiger partial charge in [0.2, 0.25) is 0 Å². The van der Waals surface area contributed by atoms with Crippen molar-refractivity contribution in [3.8, 4) is 17.3 Å². The molecule has 3 aromatic rings. The zero-order valence-corrected chi connectivity index (χ0v) is 15.9. The molecule has 9 heteroatoms. The van der Waals surface area contributed by atoms with E-state index in [0.717, 1.165) is 18.6 Å². The monoisotopic (exact) mass is 382 g/mol. The average molecular weight is 382 g/mol. The normalized spacial score (nSPS) is 15.0. The molecule has 28 heavy (non-hydrogen) atoms. The number of nitrogens with zero attached hydrogens (tertiary/aromatic N) is 6. The van der Waals surface area contributed by atoms with Gasteiger partial charge >= 0.3 is 0 Å². The minimum atomic E-state index is 0.0401. The zero-order chi connectivity index (χ0) is 19.5. The van der Waals surface area contributed by atoms with E-state index in [4.69, 9.17) is 9.26 Å². The number of benzene rings is 1. The molecule has 0 N–H and O–H groups in total. The number of likely N-dealkylation sites (tertiary alicyclic amines) is 1. The summed E-state index contributed by atoms with van der Waals surface area (Å²) >= 11 is 0. The molecule has 0 aliphatic carbocycles. The van der Waals surface area contributed by atoms with Gasteiger partial charge in [-0.1, -0.05) is 17.3 Å². The Kier molecular flexibility index (Phi) is 5.05. The van der Waals surface area contributed by atoms with Crippen molar-refractivity contribution in [3.05, 3.63) is 41.9 Å². The number of rotatable bonds is 5. The molecule has 0 bridgehead atoms. The second kappa shape index (κ2) is 7.79. The van der Waals surface area contributed by atoms with E-state index in [0.29, 0.717) is 42.5 Å². The molecule has 1 saturated heterocycles. The summed E-state index contributed by atoms with van der Waals surface area (Å²) < 4.78 is 12.2. The van der Waals surface area contributed by atoms with Crippen LogP contribution in [0.3, 0.4) is 0 Å². The van der Waals surface area contributed by atoms with Crippen LogP contribution in [-0.4, -0.2) is 56.1 Å². The largest absolute Gasteiger partial charge is 0.497 e. The molecule has 1 aliphatic heterocycles. The fraction of sp³-hybridized carbons (Fsp3) is 0.421. The van der Waals surface area contributed by atoms with Gasteiger partial charge in [-0.3, -0.25) is 4.79 Å². The van der Waals surface area contributed by atoms with E-state index in [9.17, 15) is 4.79 Å². The number of carbonyl (C=O) groups is 1. The Balaban J connectivity index is 1.38. The summed E-state index contributed by atoms with van der Waals surface area (Å²) in [6, 6.07) is 7.39. The van der Waals surface area contributed by atoms with Gasteiger partial charge in [0.05, 0.1) is 19.3 Å². The first-order valence-corrected chi connectivity index (χ1v) is 9.36. The molecule has 0 atom stereocenters. The van der Waals surface area contributed by atoms with Gasteiger partial charge in [0.15, 0.2) is 11.5 Å². The number of hydrogen-bond donors (Lipinski definition) is 0. The zero-order valence-electron chi connectivity index (χ0n) is 15.9. The Morgan fingerprint density at radius 3 is 2.64 bits per heavy atom. The van der Waals surface area contributed by atoms with Crippen LogP contribution in [0.25, 0.3) is 11.6 Å². The van der Waals surface area contributed by atoms with Gasteiger partial charge < -0.3 is 14.2 Å². The van der Waals surface area contributed by atoms with E-state index in [-0.39, 0.29) is 11.9 Å². The van der Waals surface area contributed by atoms with Gasteiger partial charge in [-0.05, 0) is 37.1 Å². The fourth-order valence-electron chi connectivity index (χ4n) is 3.30. The van der Waals surface area contributed by atoms with E-state index < -0.39 is 0 Å². The lowest BCUT2D eigenvalue weighted by molar-refractivity contribution is 0.0689. The number of aromatic nitrogens is 5. The summed E-state index contributed by atoms with van der Waals surface area (Å²) in [4.78, 5) is 18.8. The van der Waals surface area contributed by atoms with Crippen LogP contribution >= 0.6 is 0 Å². The molecule has 146 valence electrons. The maximum Gasteiger partial charge on any atom is 0.280 e. The molecule has 0 radical (unpaired) electrons. The maximum atomic E-state index is 12.7. The van der Waals surface area contributed by atoms with E-state index >= 15 is 0 Å². The van der Waals surface area contributed by atoms with Gasteiger partial charge in [-0.2, -0.15) is 4.98 Å². The highest BCUT2D eigenvalue weighted by atomic mass is 16.5. The number of amides is 1. The third kappa shape index (κ3) is 3.60. The molecule has 1 aliphatic rings. The van der Waals surface area contributed by atoms with Gasteiger partial charge in [-0.25, -0.2) is 4.68 Å². The van der Waals surface area contributed by atoms with Crippen LogP contribution in [-0.2, 0) is 6.42 Å². The molecular weight excluding hydrogens is 360 g/mol. The lowest BCUT2D eigenvalue weighted by Crippen LogP contribution is -2.39.